The maximum Gasteiger partial charge on any atom is 0.176 e. The lowest BCUT2D eigenvalue weighted by Crippen LogP contribution is -2.06. The molecule has 2 heteroatoms. The van der Waals surface area contributed by atoms with Crippen LogP contribution in [-0.4, -0.2) is 30.4 Å². The van der Waals surface area contributed by atoms with Gasteiger partial charge in [-0.15, -0.1) is 0 Å². The highest BCUT2D eigenvalue weighted by molar-refractivity contribution is 5.91. The molecule has 96 valence electrons. The maximum atomic E-state index is 3.36. The van der Waals surface area contributed by atoms with Crippen molar-refractivity contribution in [1.82, 2.24) is 5.32 Å². The summed E-state index contributed by atoms with van der Waals surface area (Å²) in [4.78, 5) is 0. The predicted octanol–water partition coefficient (Wildman–Crippen LogP) is 2.80. The van der Waals surface area contributed by atoms with E-state index in [-0.39, 0.29) is 0 Å². The van der Waals surface area contributed by atoms with E-state index >= 15 is 0 Å². The summed E-state index contributed by atoms with van der Waals surface area (Å²) >= 11 is 0. The van der Waals surface area contributed by atoms with Crippen LogP contribution in [0.1, 0.15) is 25.7 Å². The second-order valence-corrected chi connectivity index (χ2v) is 4.87. The number of nitrogens with zero attached hydrogens (tertiary/aromatic N) is 1. The molecule has 2 aliphatic heterocycles. The SMILES string of the molecule is C[N+]1=C(/C=C/C=C/C=C/C=C2\CCCN2)CCC1. The van der Waals surface area contributed by atoms with Crippen molar-refractivity contribution in [2.75, 3.05) is 20.1 Å². The molecule has 2 rings (SSSR count). The summed E-state index contributed by atoms with van der Waals surface area (Å²) in [6, 6.07) is 0. The Kier molecular flexibility index (Phi) is 5.00. The molecule has 2 heterocycles. The predicted molar refractivity (Wildman–Crippen MR) is 78.0 cm³/mol. The first kappa shape index (κ1) is 12.9. The van der Waals surface area contributed by atoms with Gasteiger partial charge in [0.25, 0.3) is 0 Å². The molecule has 0 saturated carbocycles. The molecule has 0 unspecified atom stereocenters. The number of hydrogen-bond donors (Lipinski definition) is 1. The molecule has 1 fully saturated rings. The van der Waals surface area contributed by atoms with Crippen LogP contribution in [-0.2, 0) is 0 Å². The zero-order valence-electron chi connectivity index (χ0n) is 11.2. The Morgan fingerprint density at radius 3 is 2.56 bits per heavy atom. The highest BCUT2D eigenvalue weighted by Crippen LogP contribution is 2.08. The van der Waals surface area contributed by atoms with E-state index < -0.39 is 0 Å². The van der Waals surface area contributed by atoms with Crippen molar-refractivity contribution >= 4 is 5.71 Å². The second-order valence-electron chi connectivity index (χ2n) is 4.87. The molecule has 1 N–H and O–H groups in total. The molecule has 0 radical (unpaired) electrons. The van der Waals surface area contributed by atoms with Crippen LogP contribution in [0.25, 0.3) is 0 Å². The lowest BCUT2D eigenvalue weighted by atomic mass is 10.2. The minimum atomic E-state index is 1.13. The third kappa shape index (κ3) is 4.02. The summed E-state index contributed by atoms with van der Waals surface area (Å²) in [6.07, 6.45) is 19.8. The van der Waals surface area contributed by atoms with Crippen molar-refractivity contribution in [2.24, 2.45) is 0 Å². The number of nitrogens with one attached hydrogen (secondary N) is 1. The van der Waals surface area contributed by atoms with Gasteiger partial charge >= 0.3 is 0 Å². The highest BCUT2D eigenvalue weighted by atomic mass is 15.0. The molecule has 0 spiro atoms. The lowest BCUT2D eigenvalue weighted by molar-refractivity contribution is -0.487. The van der Waals surface area contributed by atoms with Crippen LogP contribution in [0, 0.1) is 0 Å². The molecule has 2 nitrogen and oxygen atoms in total. The number of allylic oxidation sites excluding steroid dienone is 8. The minimum absolute atomic E-state index is 1.13. The maximum absolute atomic E-state index is 3.36. The first-order chi connectivity index (χ1) is 8.86. The van der Waals surface area contributed by atoms with Gasteiger partial charge in [0, 0.05) is 31.2 Å². The monoisotopic (exact) mass is 243 g/mol. The van der Waals surface area contributed by atoms with Crippen LogP contribution in [0.2, 0.25) is 0 Å². The van der Waals surface area contributed by atoms with Crippen molar-refractivity contribution in [3.63, 3.8) is 0 Å². The summed E-state index contributed by atoms with van der Waals surface area (Å²) in [7, 11) is 2.16. The molecule has 0 aliphatic carbocycles. The van der Waals surface area contributed by atoms with Gasteiger partial charge in [-0.1, -0.05) is 30.4 Å². The fraction of sp³-hybridized carbons (Fsp3) is 0.438. The molecule has 0 atom stereocenters. The Hall–Kier alpha value is -1.57. The van der Waals surface area contributed by atoms with E-state index in [2.05, 4.69) is 59.5 Å². The van der Waals surface area contributed by atoms with E-state index in [1.807, 2.05) is 0 Å². The third-order valence-electron chi connectivity index (χ3n) is 3.42. The van der Waals surface area contributed by atoms with Crippen LogP contribution < -0.4 is 5.32 Å². The summed E-state index contributed by atoms with van der Waals surface area (Å²) in [6.45, 7) is 2.33. The standard InChI is InChI=1S/C16H22N2/c1-18-14-8-12-16(18)11-6-4-2-3-5-9-15-10-7-13-17-15/h2-6,9,11H,7-8,10,12-14H2,1H3/p+1. The molecule has 0 aromatic rings. The Morgan fingerprint density at radius 2 is 1.83 bits per heavy atom. The topological polar surface area (TPSA) is 15.0 Å². The van der Waals surface area contributed by atoms with Gasteiger partial charge in [-0.3, -0.25) is 0 Å². The van der Waals surface area contributed by atoms with Gasteiger partial charge in [0.1, 0.15) is 13.6 Å². The molecule has 0 aromatic heterocycles. The van der Waals surface area contributed by atoms with E-state index in [4.69, 9.17) is 0 Å². The van der Waals surface area contributed by atoms with Gasteiger partial charge in [-0.25, -0.2) is 4.58 Å². The second kappa shape index (κ2) is 7.00. The average molecular weight is 243 g/mol. The van der Waals surface area contributed by atoms with Gasteiger partial charge in [-0.05, 0) is 18.9 Å². The molecular formula is C16H23N2+. The molecule has 0 bridgehead atoms. The van der Waals surface area contributed by atoms with Crippen molar-refractivity contribution in [2.45, 2.75) is 25.7 Å². The quantitative estimate of drug-likeness (QED) is 0.593. The van der Waals surface area contributed by atoms with E-state index in [0.29, 0.717) is 0 Å². The van der Waals surface area contributed by atoms with Gasteiger partial charge in [0.2, 0.25) is 0 Å². The van der Waals surface area contributed by atoms with Crippen molar-refractivity contribution in [3.8, 4) is 0 Å². The normalized spacial score (nSPS) is 23.3. The zero-order chi connectivity index (χ0) is 12.6. The van der Waals surface area contributed by atoms with Crippen LogP contribution in [0.15, 0.2) is 48.2 Å². The Balaban J connectivity index is 1.74. The molecule has 0 aromatic carbocycles. The van der Waals surface area contributed by atoms with Crippen LogP contribution in [0.4, 0.5) is 0 Å². The fourth-order valence-corrected chi connectivity index (χ4v) is 2.33. The first-order valence-electron chi connectivity index (χ1n) is 6.88. The zero-order valence-corrected chi connectivity index (χ0v) is 11.2. The van der Waals surface area contributed by atoms with Gasteiger partial charge in [-0.2, -0.15) is 0 Å². The summed E-state index contributed by atoms with van der Waals surface area (Å²) in [5, 5.41) is 3.36. The van der Waals surface area contributed by atoms with Crippen LogP contribution >= 0.6 is 0 Å². The van der Waals surface area contributed by atoms with E-state index in [9.17, 15) is 0 Å². The molecule has 2 aliphatic rings. The molecule has 0 amide bonds. The van der Waals surface area contributed by atoms with Crippen LogP contribution in [0.3, 0.4) is 0 Å². The average Bonchev–Trinajstić information content (AvgIpc) is 3.00. The smallest absolute Gasteiger partial charge is 0.176 e. The van der Waals surface area contributed by atoms with Crippen molar-refractivity contribution in [1.29, 1.82) is 0 Å². The Morgan fingerprint density at radius 1 is 1.00 bits per heavy atom. The van der Waals surface area contributed by atoms with Gasteiger partial charge in [0.15, 0.2) is 5.71 Å². The van der Waals surface area contributed by atoms with Crippen molar-refractivity contribution < 1.29 is 4.58 Å². The summed E-state index contributed by atoms with van der Waals surface area (Å²) in [5.41, 5.74) is 2.80. The number of hydrogen-bond acceptors (Lipinski definition) is 1. The lowest BCUT2D eigenvalue weighted by Gasteiger charge is -1.92. The summed E-state index contributed by atoms with van der Waals surface area (Å²) < 4.78 is 2.33. The van der Waals surface area contributed by atoms with Crippen LogP contribution in [0.5, 0.6) is 0 Å². The Bertz CT molecular complexity index is 414. The van der Waals surface area contributed by atoms with Gasteiger partial charge in [0.05, 0.1) is 0 Å². The van der Waals surface area contributed by atoms with E-state index in [0.717, 1.165) is 6.54 Å². The van der Waals surface area contributed by atoms with E-state index in [1.165, 1.54) is 43.6 Å². The fourth-order valence-electron chi connectivity index (χ4n) is 2.33. The molecular weight excluding hydrogens is 220 g/mol. The number of rotatable bonds is 4. The van der Waals surface area contributed by atoms with Crippen molar-refractivity contribution in [3.05, 3.63) is 48.2 Å². The third-order valence-corrected chi connectivity index (χ3v) is 3.42. The molecule has 18 heavy (non-hydrogen) atoms. The minimum Gasteiger partial charge on any atom is -0.388 e. The summed E-state index contributed by atoms with van der Waals surface area (Å²) in [5.74, 6) is 0. The Labute approximate surface area is 110 Å². The molecule has 1 saturated heterocycles. The van der Waals surface area contributed by atoms with E-state index in [1.54, 1.807) is 0 Å². The van der Waals surface area contributed by atoms with Gasteiger partial charge < -0.3 is 5.32 Å². The highest BCUT2D eigenvalue weighted by Gasteiger charge is 2.14. The first-order valence-corrected chi connectivity index (χ1v) is 6.88. The largest absolute Gasteiger partial charge is 0.388 e.